The van der Waals surface area contributed by atoms with E-state index < -0.39 is 14.5 Å². The molecule has 0 spiro atoms. The van der Waals surface area contributed by atoms with Gasteiger partial charge in [-0.15, -0.1) is 0 Å². The van der Waals surface area contributed by atoms with Gasteiger partial charge in [0.05, 0.1) is 0 Å². The van der Waals surface area contributed by atoms with Gasteiger partial charge >= 0.3 is 8.25 Å². The Morgan fingerprint density at radius 2 is 1.65 bits per heavy atom. The van der Waals surface area contributed by atoms with Gasteiger partial charge < -0.3 is 10.00 Å². The Morgan fingerprint density at radius 1 is 1.10 bits per heavy atom. The summed E-state index contributed by atoms with van der Waals surface area (Å²) in [6.07, 6.45) is 8.41. The third kappa shape index (κ3) is 12.4. The first-order chi connectivity index (χ1) is 9.31. The third-order valence-electron chi connectivity index (χ3n) is 2.77. The highest BCUT2D eigenvalue weighted by molar-refractivity contribution is 7.32. The van der Waals surface area contributed by atoms with Crippen molar-refractivity contribution in [3.63, 3.8) is 0 Å². The zero-order chi connectivity index (χ0) is 15.5. The van der Waals surface area contributed by atoms with Crippen LogP contribution in [0.25, 0.3) is 0 Å². The molecule has 0 saturated heterocycles. The Bertz CT molecular complexity index is 393. The van der Waals surface area contributed by atoms with Gasteiger partial charge in [-0.3, -0.25) is 9.09 Å². The van der Waals surface area contributed by atoms with Crippen LogP contribution in [0.3, 0.4) is 0 Å². The SMILES string of the molecule is CC(C)=CCC/C(C)=C/CC/C(C)=C/C(O)O[PH](=O)O. The summed E-state index contributed by atoms with van der Waals surface area (Å²) in [5.41, 5.74) is 3.63. The lowest BCUT2D eigenvalue weighted by molar-refractivity contribution is 0.0221. The highest BCUT2D eigenvalue weighted by atomic mass is 31.1. The fourth-order valence-electron chi connectivity index (χ4n) is 1.70. The highest BCUT2D eigenvalue weighted by Gasteiger charge is 2.03. The molecular formula is C15H27O4P. The second-order valence-electron chi connectivity index (χ2n) is 5.20. The zero-order valence-corrected chi connectivity index (χ0v) is 13.8. The van der Waals surface area contributed by atoms with E-state index in [1.54, 1.807) is 0 Å². The molecule has 2 unspecified atom stereocenters. The molecule has 0 aromatic carbocycles. The first-order valence-electron chi connectivity index (χ1n) is 6.85. The zero-order valence-electron chi connectivity index (χ0n) is 12.8. The molecule has 20 heavy (non-hydrogen) atoms. The van der Waals surface area contributed by atoms with E-state index >= 15 is 0 Å². The molecule has 0 bridgehead atoms. The fraction of sp³-hybridized carbons (Fsp3) is 0.600. The maximum atomic E-state index is 10.4. The smallest absolute Gasteiger partial charge is 0.319 e. The van der Waals surface area contributed by atoms with Crippen molar-refractivity contribution in [2.75, 3.05) is 0 Å². The summed E-state index contributed by atoms with van der Waals surface area (Å²) in [6.45, 7) is 8.18. The summed E-state index contributed by atoms with van der Waals surface area (Å²) in [7, 11) is -3.09. The average Bonchev–Trinajstić information content (AvgIpc) is 2.26. The molecule has 0 aliphatic heterocycles. The number of hydrogen-bond acceptors (Lipinski definition) is 3. The van der Waals surface area contributed by atoms with Gasteiger partial charge in [0.1, 0.15) is 0 Å². The molecule has 0 rings (SSSR count). The first kappa shape index (κ1) is 19.3. The molecule has 0 amide bonds. The Morgan fingerprint density at radius 3 is 2.20 bits per heavy atom. The number of allylic oxidation sites excluding steroid dienone is 5. The molecule has 0 aliphatic rings. The van der Waals surface area contributed by atoms with Crippen molar-refractivity contribution >= 4 is 8.25 Å². The van der Waals surface area contributed by atoms with Crippen LogP contribution in [0.5, 0.6) is 0 Å². The Balaban J connectivity index is 4.05. The van der Waals surface area contributed by atoms with Crippen molar-refractivity contribution in [2.24, 2.45) is 0 Å². The van der Waals surface area contributed by atoms with Crippen LogP contribution in [0.1, 0.15) is 53.4 Å². The summed E-state index contributed by atoms with van der Waals surface area (Å²) >= 11 is 0. The van der Waals surface area contributed by atoms with Gasteiger partial charge in [-0.05, 0) is 59.5 Å². The van der Waals surface area contributed by atoms with Gasteiger partial charge in [0.15, 0.2) is 6.29 Å². The van der Waals surface area contributed by atoms with Crippen molar-refractivity contribution in [1.29, 1.82) is 0 Å². The maximum Gasteiger partial charge on any atom is 0.319 e. The largest absolute Gasteiger partial charge is 0.364 e. The van der Waals surface area contributed by atoms with Crippen molar-refractivity contribution in [3.8, 4) is 0 Å². The number of rotatable bonds is 9. The summed E-state index contributed by atoms with van der Waals surface area (Å²) in [6, 6.07) is 0. The first-order valence-corrected chi connectivity index (χ1v) is 8.11. The average molecular weight is 302 g/mol. The van der Waals surface area contributed by atoms with E-state index in [9.17, 15) is 9.67 Å². The van der Waals surface area contributed by atoms with Crippen LogP contribution in [0.15, 0.2) is 34.9 Å². The Hall–Kier alpha value is -0.670. The van der Waals surface area contributed by atoms with Gasteiger partial charge in [0, 0.05) is 0 Å². The summed E-state index contributed by atoms with van der Waals surface area (Å²) < 4.78 is 14.8. The van der Waals surface area contributed by atoms with Crippen LogP contribution in [0, 0.1) is 0 Å². The molecule has 4 nitrogen and oxygen atoms in total. The highest BCUT2D eigenvalue weighted by Crippen LogP contribution is 2.19. The fourth-order valence-corrected chi connectivity index (χ4v) is 1.98. The molecule has 116 valence electrons. The quantitative estimate of drug-likeness (QED) is 0.382. The maximum absolute atomic E-state index is 10.4. The summed E-state index contributed by atoms with van der Waals surface area (Å²) in [5.74, 6) is 0. The van der Waals surface area contributed by atoms with E-state index in [0.717, 1.165) is 31.3 Å². The molecule has 0 aliphatic carbocycles. The summed E-state index contributed by atoms with van der Waals surface area (Å²) in [5, 5.41) is 9.31. The van der Waals surface area contributed by atoms with Gasteiger partial charge in [-0.1, -0.05) is 28.9 Å². The molecule has 0 heterocycles. The van der Waals surface area contributed by atoms with Gasteiger partial charge in [0.25, 0.3) is 0 Å². The minimum Gasteiger partial charge on any atom is -0.364 e. The molecule has 0 aromatic heterocycles. The molecule has 2 N–H and O–H groups in total. The van der Waals surface area contributed by atoms with Gasteiger partial charge in [-0.2, -0.15) is 0 Å². The third-order valence-corrected chi connectivity index (χ3v) is 3.21. The molecule has 2 atom stereocenters. The number of aliphatic hydroxyl groups is 1. The van der Waals surface area contributed by atoms with Crippen molar-refractivity contribution in [2.45, 2.75) is 59.7 Å². The number of aliphatic hydroxyl groups excluding tert-OH is 1. The van der Waals surface area contributed by atoms with Crippen LogP contribution in [-0.2, 0) is 9.09 Å². The standard InChI is InChI=1S/C15H27O4P/c1-12(2)7-5-8-13(3)9-6-10-14(4)11-15(16)19-20(17)18/h7,9,11,15-16,20H,5-6,8,10H2,1-4H3,(H,17,18)/b13-9+,14-11+. The van der Waals surface area contributed by atoms with Gasteiger partial charge in [0.2, 0.25) is 0 Å². The van der Waals surface area contributed by atoms with Crippen molar-refractivity contribution in [3.05, 3.63) is 34.9 Å². The van der Waals surface area contributed by atoms with E-state index in [1.807, 2.05) is 6.92 Å². The van der Waals surface area contributed by atoms with Gasteiger partial charge in [-0.25, -0.2) is 0 Å². The van der Waals surface area contributed by atoms with Crippen LogP contribution >= 0.6 is 8.25 Å². The molecule has 0 radical (unpaired) electrons. The van der Waals surface area contributed by atoms with Crippen molar-refractivity contribution in [1.82, 2.24) is 0 Å². The van der Waals surface area contributed by atoms with Crippen LogP contribution < -0.4 is 0 Å². The molecule has 0 fully saturated rings. The summed E-state index contributed by atoms with van der Waals surface area (Å²) in [4.78, 5) is 8.53. The van der Waals surface area contributed by atoms with E-state index in [1.165, 1.54) is 17.2 Å². The predicted octanol–water partition coefficient (Wildman–Crippen LogP) is 4.12. The molecule has 0 aromatic rings. The minimum atomic E-state index is -3.09. The second-order valence-corrected chi connectivity index (χ2v) is 5.96. The molecular weight excluding hydrogens is 275 g/mol. The lowest BCUT2D eigenvalue weighted by Gasteiger charge is -2.06. The Kier molecular flexibility index (Phi) is 10.7. The topological polar surface area (TPSA) is 66.8 Å². The van der Waals surface area contributed by atoms with E-state index in [-0.39, 0.29) is 0 Å². The van der Waals surface area contributed by atoms with E-state index in [2.05, 4.69) is 37.4 Å². The minimum absolute atomic E-state index is 0.798. The normalized spacial score (nSPS) is 15.9. The lowest BCUT2D eigenvalue weighted by atomic mass is 10.1. The second kappa shape index (κ2) is 11.0. The van der Waals surface area contributed by atoms with Crippen molar-refractivity contribution < 1.29 is 19.1 Å². The van der Waals surface area contributed by atoms with Crippen LogP contribution in [0.2, 0.25) is 0 Å². The molecule has 0 saturated carbocycles. The molecule has 5 heteroatoms. The predicted molar refractivity (Wildman–Crippen MR) is 83.7 cm³/mol. The van der Waals surface area contributed by atoms with E-state index in [0.29, 0.717) is 0 Å². The lowest BCUT2D eigenvalue weighted by Crippen LogP contribution is -2.03. The Labute approximate surface area is 122 Å². The number of hydrogen-bond donors (Lipinski definition) is 2. The van der Waals surface area contributed by atoms with Crippen LogP contribution in [0.4, 0.5) is 0 Å². The monoisotopic (exact) mass is 302 g/mol. The van der Waals surface area contributed by atoms with Crippen LogP contribution in [-0.4, -0.2) is 16.3 Å². The van der Waals surface area contributed by atoms with E-state index in [4.69, 9.17) is 4.89 Å².